The molecular formula is C11H16ClNO. The molecule has 1 rings (SSSR count). The topological polar surface area (TPSA) is 21.3 Å². The predicted molar refractivity (Wildman–Crippen MR) is 59.3 cm³/mol. The third-order valence-electron chi connectivity index (χ3n) is 1.91. The Labute approximate surface area is 90.2 Å². The highest BCUT2D eigenvalue weighted by atomic mass is 35.5. The number of benzene rings is 1. The van der Waals surface area contributed by atoms with Crippen molar-refractivity contribution in [2.24, 2.45) is 0 Å². The molecule has 2 nitrogen and oxygen atoms in total. The van der Waals surface area contributed by atoms with Crippen LogP contribution in [0.1, 0.15) is 24.5 Å². The van der Waals surface area contributed by atoms with E-state index in [1.165, 1.54) is 5.56 Å². The molecule has 78 valence electrons. The summed E-state index contributed by atoms with van der Waals surface area (Å²) in [5.41, 5.74) is 5.19. The molecule has 0 saturated carbocycles. The van der Waals surface area contributed by atoms with E-state index in [1.54, 1.807) is 0 Å². The van der Waals surface area contributed by atoms with E-state index in [0.717, 1.165) is 30.2 Å². The Hall–Kier alpha value is -0.570. The van der Waals surface area contributed by atoms with Crippen LogP contribution in [0, 0.1) is 6.92 Å². The number of hydrogen-bond donors (Lipinski definition) is 1. The fourth-order valence-corrected chi connectivity index (χ4v) is 1.24. The lowest BCUT2D eigenvalue weighted by atomic mass is 10.1. The van der Waals surface area contributed by atoms with Crippen molar-refractivity contribution in [3.8, 4) is 0 Å². The second-order valence-electron chi connectivity index (χ2n) is 3.25. The molecule has 0 radical (unpaired) electrons. The molecule has 0 fully saturated rings. The number of nitrogens with one attached hydrogen (secondary N) is 1. The smallest absolute Gasteiger partial charge is 0.0679 e. The van der Waals surface area contributed by atoms with Crippen LogP contribution in [0.5, 0.6) is 0 Å². The molecule has 1 aromatic carbocycles. The molecule has 0 aromatic heterocycles. The van der Waals surface area contributed by atoms with E-state index < -0.39 is 0 Å². The molecule has 1 N–H and O–H groups in total. The molecule has 0 spiro atoms. The molecule has 3 heteroatoms. The van der Waals surface area contributed by atoms with Gasteiger partial charge in [-0.05, 0) is 30.5 Å². The lowest BCUT2D eigenvalue weighted by Gasteiger charge is -2.06. The maximum atomic E-state index is 5.91. The first-order valence-corrected chi connectivity index (χ1v) is 5.21. The van der Waals surface area contributed by atoms with Crippen molar-refractivity contribution in [3.05, 3.63) is 34.3 Å². The summed E-state index contributed by atoms with van der Waals surface area (Å²) in [7, 11) is 0. The van der Waals surface area contributed by atoms with Crippen molar-refractivity contribution in [1.29, 1.82) is 0 Å². The Balaban J connectivity index is 2.39. The summed E-state index contributed by atoms with van der Waals surface area (Å²) in [4.78, 5) is 5.17. The van der Waals surface area contributed by atoms with Gasteiger partial charge in [-0.25, -0.2) is 0 Å². The third-order valence-corrected chi connectivity index (χ3v) is 2.33. The van der Waals surface area contributed by atoms with Gasteiger partial charge in [0.1, 0.15) is 0 Å². The van der Waals surface area contributed by atoms with Crippen LogP contribution in [0.15, 0.2) is 18.2 Å². The second-order valence-corrected chi connectivity index (χ2v) is 3.66. The monoisotopic (exact) mass is 213 g/mol. The van der Waals surface area contributed by atoms with Crippen molar-refractivity contribution in [2.75, 3.05) is 6.61 Å². The predicted octanol–water partition coefficient (Wildman–Crippen LogP) is 3.08. The number of halogens is 1. The van der Waals surface area contributed by atoms with E-state index >= 15 is 0 Å². The van der Waals surface area contributed by atoms with E-state index in [1.807, 2.05) is 19.1 Å². The standard InChI is InChI=1S/C11H16ClNO/c1-3-6-14-13-8-10-4-5-11(12)9(2)7-10/h4-5,7,13H,3,6,8H2,1-2H3. The number of aryl methyl sites for hydroxylation is 1. The molecule has 14 heavy (non-hydrogen) atoms. The Bertz CT molecular complexity index is 289. The molecule has 0 unspecified atom stereocenters. The normalized spacial score (nSPS) is 10.5. The van der Waals surface area contributed by atoms with Crippen molar-refractivity contribution in [3.63, 3.8) is 0 Å². The van der Waals surface area contributed by atoms with Crippen molar-refractivity contribution in [1.82, 2.24) is 5.48 Å². The van der Waals surface area contributed by atoms with Gasteiger partial charge in [0.15, 0.2) is 0 Å². The molecule has 0 heterocycles. The molecular weight excluding hydrogens is 198 g/mol. The van der Waals surface area contributed by atoms with Gasteiger partial charge >= 0.3 is 0 Å². The first-order valence-electron chi connectivity index (χ1n) is 4.83. The molecule has 0 aliphatic rings. The van der Waals surface area contributed by atoms with E-state index in [9.17, 15) is 0 Å². The summed E-state index contributed by atoms with van der Waals surface area (Å²) in [5, 5.41) is 0.809. The average molecular weight is 214 g/mol. The van der Waals surface area contributed by atoms with E-state index in [2.05, 4.69) is 18.5 Å². The highest BCUT2D eigenvalue weighted by Crippen LogP contribution is 2.15. The number of hydroxylamine groups is 1. The minimum atomic E-state index is 0.720. The summed E-state index contributed by atoms with van der Waals surface area (Å²) in [6.45, 7) is 5.54. The van der Waals surface area contributed by atoms with Gasteiger partial charge in [0.2, 0.25) is 0 Å². The molecule has 0 aliphatic carbocycles. The van der Waals surface area contributed by atoms with Crippen molar-refractivity contribution in [2.45, 2.75) is 26.8 Å². The minimum absolute atomic E-state index is 0.720. The van der Waals surface area contributed by atoms with Gasteiger partial charge in [-0.15, -0.1) is 0 Å². The van der Waals surface area contributed by atoms with Crippen LogP contribution in [0.3, 0.4) is 0 Å². The zero-order chi connectivity index (χ0) is 10.4. The SMILES string of the molecule is CCCONCc1ccc(Cl)c(C)c1. The van der Waals surface area contributed by atoms with Crippen LogP contribution < -0.4 is 5.48 Å². The van der Waals surface area contributed by atoms with Crippen LogP contribution in [-0.2, 0) is 11.4 Å². The summed E-state index contributed by atoms with van der Waals surface area (Å²) in [6, 6.07) is 5.97. The van der Waals surface area contributed by atoms with Crippen LogP contribution in [-0.4, -0.2) is 6.61 Å². The van der Waals surface area contributed by atoms with Gasteiger partial charge in [0, 0.05) is 11.6 Å². The Kier molecular flexibility index (Phi) is 4.94. The molecule has 1 aromatic rings. The zero-order valence-electron chi connectivity index (χ0n) is 8.64. The maximum Gasteiger partial charge on any atom is 0.0679 e. The second kappa shape index (κ2) is 6.02. The first kappa shape index (κ1) is 11.5. The lowest BCUT2D eigenvalue weighted by Crippen LogP contribution is -2.14. The minimum Gasteiger partial charge on any atom is -0.301 e. The summed E-state index contributed by atoms with van der Waals surface area (Å²) < 4.78 is 0. The third kappa shape index (κ3) is 3.66. The number of rotatable bonds is 5. The van der Waals surface area contributed by atoms with E-state index in [-0.39, 0.29) is 0 Å². The molecule has 0 saturated heterocycles. The van der Waals surface area contributed by atoms with Gasteiger partial charge in [-0.1, -0.05) is 30.7 Å². The fourth-order valence-electron chi connectivity index (χ4n) is 1.13. The van der Waals surface area contributed by atoms with Gasteiger partial charge in [-0.2, -0.15) is 5.48 Å². The van der Waals surface area contributed by atoms with Gasteiger partial charge in [-0.3, -0.25) is 0 Å². The molecule has 0 bridgehead atoms. The average Bonchev–Trinajstić information content (AvgIpc) is 2.18. The first-order chi connectivity index (χ1) is 6.74. The largest absolute Gasteiger partial charge is 0.301 e. The van der Waals surface area contributed by atoms with Crippen molar-refractivity contribution < 1.29 is 4.84 Å². The highest BCUT2D eigenvalue weighted by molar-refractivity contribution is 6.31. The molecule has 0 atom stereocenters. The summed E-state index contributed by atoms with van der Waals surface area (Å²) in [6.07, 6.45) is 1.02. The van der Waals surface area contributed by atoms with E-state index in [0.29, 0.717) is 0 Å². The zero-order valence-corrected chi connectivity index (χ0v) is 9.40. The van der Waals surface area contributed by atoms with Gasteiger partial charge < -0.3 is 4.84 Å². The van der Waals surface area contributed by atoms with Gasteiger partial charge in [0.25, 0.3) is 0 Å². The van der Waals surface area contributed by atoms with Crippen LogP contribution >= 0.6 is 11.6 Å². The fraction of sp³-hybridized carbons (Fsp3) is 0.455. The quantitative estimate of drug-likeness (QED) is 0.600. The molecule has 0 amide bonds. The van der Waals surface area contributed by atoms with Crippen LogP contribution in [0.25, 0.3) is 0 Å². The van der Waals surface area contributed by atoms with Gasteiger partial charge in [0.05, 0.1) is 6.61 Å². The number of hydrogen-bond acceptors (Lipinski definition) is 2. The van der Waals surface area contributed by atoms with Crippen LogP contribution in [0.4, 0.5) is 0 Å². The van der Waals surface area contributed by atoms with E-state index in [4.69, 9.17) is 16.4 Å². The Morgan fingerprint density at radius 1 is 1.43 bits per heavy atom. The Morgan fingerprint density at radius 3 is 2.86 bits per heavy atom. The maximum absolute atomic E-state index is 5.91. The highest BCUT2D eigenvalue weighted by Gasteiger charge is 1.97. The molecule has 0 aliphatic heterocycles. The summed E-state index contributed by atoms with van der Waals surface area (Å²) in [5.74, 6) is 0. The van der Waals surface area contributed by atoms with Crippen molar-refractivity contribution >= 4 is 11.6 Å². The lowest BCUT2D eigenvalue weighted by molar-refractivity contribution is 0.0371. The summed E-state index contributed by atoms with van der Waals surface area (Å²) >= 11 is 5.91. The van der Waals surface area contributed by atoms with Crippen LogP contribution in [0.2, 0.25) is 5.02 Å². The Morgan fingerprint density at radius 2 is 2.21 bits per heavy atom.